The minimum Gasteiger partial charge on any atom is -0.354 e. The molecule has 2 rings (SSSR count). The van der Waals surface area contributed by atoms with Gasteiger partial charge in [-0.15, -0.1) is 11.3 Å². The van der Waals surface area contributed by atoms with Crippen molar-refractivity contribution in [2.75, 3.05) is 13.1 Å². The predicted octanol–water partition coefficient (Wildman–Crippen LogP) is 1.95. The highest BCUT2D eigenvalue weighted by Crippen LogP contribution is 2.22. The second-order valence-electron chi connectivity index (χ2n) is 4.91. The Morgan fingerprint density at radius 1 is 1.41 bits per heavy atom. The summed E-state index contributed by atoms with van der Waals surface area (Å²) in [5.74, 6) is -0.344. The molecule has 0 saturated heterocycles. The molecule has 0 fully saturated rings. The van der Waals surface area contributed by atoms with Gasteiger partial charge in [0.15, 0.2) is 10.1 Å². The highest BCUT2D eigenvalue weighted by molar-refractivity contribution is 7.15. The second kappa shape index (κ2) is 7.42. The van der Waals surface area contributed by atoms with E-state index >= 15 is 0 Å². The summed E-state index contributed by atoms with van der Waals surface area (Å²) in [7, 11) is 0. The number of carbonyl (C=O) groups is 2. The van der Waals surface area contributed by atoms with Crippen molar-refractivity contribution < 1.29 is 9.59 Å². The lowest BCUT2D eigenvalue weighted by Gasteiger charge is -2.07. The summed E-state index contributed by atoms with van der Waals surface area (Å²) in [5.41, 5.74) is 0.668. The van der Waals surface area contributed by atoms with E-state index in [2.05, 4.69) is 15.6 Å². The molecule has 2 aromatic heterocycles. The van der Waals surface area contributed by atoms with E-state index < -0.39 is 0 Å². The van der Waals surface area contributed by atoms with Gasteiger partial charge in [-0.3, -0.25) is 14.0 Å². The Hall–Kier alpha value is -1.86. The van der Waals surface area contributed by atoms with Gasteiger partial charge in [-0.1, -0.05) is 25.4 Å². The van der Waals surface area contributed by atoms with E-state index in [0.29, 0.717) is 23.9 Å². The van der Waals surface area contributed by atoms with Crippen LogP contribution in [0.3, 0.4) is 0 Å². The topological polar surface area (TPSA) is 75.5 Å². The minimum atomic E-state index is -0.250. The van der Waals surface area contributed by atoms with Crippen molar-refractivity contribution in [2.45, 2.75) is 13.8 Å². The quantitative estimate of drug-likeness (QED) is 0.623. The maximum absolute atomic E-state index is 11.7. The Bertz CT molecular complexity index is 705. The van der Waals surface area contributed by atoms with E-state index in [1.165, 1.54) is 17.4 Å². The number of thiazole rings is 1. The van der Waals surface area contributed by atoms with E-state index in [-0.39, 0.29) is 17.7 Å². The number of nitrogens with one attached hydrogen (secondary N) is 2. The fourth-order valence-corrected chi connectivity index (χ4v) is 2.72. The van der Waals surface area contributed by atoms with Gasteiger partial charge in [0.1, 0.15) is 0 Å². The lowest BCUT2D eigenvalue weighted by atomic mass is 10.2. The van der Waals surface area contributed by atoms with Crippen molar-refractivity contribution in [1.29, 1.82) is 0 Å². The van der Waals surface area contributed by atoms with Gasteiger partial charge >= 0.3 is 0 Å². The lowest BCUT2D eigenvalue weighted by Crippen LogP contribution is -2.35. The summed E-state index contributed by atoms with van der Waals surface area (Å²) >= 11 is 7.50. The first kappa shape index (κ1) is 16.5. The lowest BCUT2D eigenvalue weighted by molar-refractivity contribution is -0.124. The molecule has 118 valence electrons. The van der Waals surface area contributed by atoms with Gasteiger partial charge in [0, 0.05) is 36.7 Å². The van der Waals surface area contributed by atoms with Gasteiger partial charge in [-0.05, 0) is 6.08 Å². The van der Waals surface area contributed by atoms with Crippen LogP contribution < -0.4 is 10.6 Å². The molecule has 6 nitrogen and oxygen atoms in total. The SMILES string of the molecule is CC(C)C(=O)NCCNC(=O)/C=C/c1c(Cl)nc2sccn12. The maximum atomic E-state index is 11.7. The van der Waals surface area contributed by atoms with Crippen molar-refractivity contribution in [3.05, 3.63) is 28.5 Å². The van der Waals surface area contributed by atoms with Crippen LogP contribution in [0.4, 0.5) is 0 Å². The summed E-state index contributed by atoms with van der Waals surface area (Å²) in [4.78, 5) is 28.0. The van der Waals surface area contributed by atoms with Gasteiger partial charge in [-0.25, -0.2) is 4.98 Å². The molecule has 0 aliphatic rings. The number of aromatic nitrogens is 2. The number of hydrogen-bond donors (Lipinski definition) is 2. The Morgan fingerprint density at radius 3 is 2.86 bits per heavy atom. The molecule has 0 saturated carbocycles. The number of nitrogens with zero attached hydrogens (tertiary/aromatic N) is 2. The molecule has 2 amide bonds. The highest BCUT2D eigenvalue weighted by atomic mass is 35.5. The second-order valence-corrected chi connectivity index (χ2v) is 6.14. The van der Waals surface area contributed by atoms with Gasteiger partial charge < -0.3 is 10.6 Å². The van der Waals surface area contributed by atoms with Gasteiger partial charge in [0.25, 0.3) is 0 Å². The molecule has 0 bridgehead atoms. The average Bonchev–Trinajstić information content (AvgIpc) is 3.01. The summed E-state index contributed by atoms with van der Waals surface area (Å²) in [5, 5.41) is 7.67. The van der Waals surface area contributed by atoms with Crippen LogP contribution in [0.15, 0.2) is 17.7 Å². The first-order chi connectivity index (χ1) is 10.5. The number of rotatable bonds is 6. The van der Waals surface area contributed by atoms with Gasteiger partial charge in [0.2, 0.25) is 11.8 Å². The van der Waals surface area contributed by atoms with Crippen molar-refractivity contribution in [1.82, 2.24) is 20.0 Å². The number of imidazole rings is 1. The third-order valence-electron chi connectivity index (χ3n) is 2.89. The first-order valence-corrected chi connectivity index (χ1v) is 8.09. The number of fused-ring (bicyclic) bond motifs is 1. The van der Waals surface area contributed by atoms with E-state index in [0.717, 1.165) is 4.96 Å². The van der Waals surface area contributed by atoms with Crippen LogP contribution in [-0.2, 0) is 9.59 Å². The molecule has 8 heteroatoms. The standard InChI is InChI=1S/C14H17ClN4O2S/c1-9(2)13(21)17-6-5-16-11(20)4-3-10-12(15)18-14-19(10)7-8-22-14/h3-4,7-9H,5-6H2,1-2H3,(H,16,20)(H,17,21)/b4-3+. The minimum absolute atomic E-state index is 0.0318. The monoisotopic (exact) mass is 340 g/mol. The van der Waals surface area contributed by atoms with Crippen LogP contribution in [0.5, 0.6) is 0 Å². The average molecular weight is 341 g/mol. The van der Waals surface area contributed by atoms with E-state index in [1.54, 1.807) is 6.08 Å². The highest BCUT2D eigenvalue weighted by Gasteiger charge is 2.09. The fraction of sp³-hybridized carbons (Fsp3) is 0.357. The Balaban J connectivity index is 1.83. The number of amides is 2. The van der Waals surface area contributed by atoms with Gasteiger partial charge in [0.05, 0.1) is 5.69 Å². The molecule has 2 aromatic rings. The van der Waals surface area contributed by atoms with Crippen LogP contribution in [-0.4, -0.2) is 34.3 Å². The smallest absolute Gasteiger partial charge is 0.244 e. The molecule has 0 atom stereocenters. The molecule has 2 heterocycles. The van der Waals surface area contributed by atoms with Crippen molar-refractivity contribution in [3.63, 3.8) is 0 Å². The van der Waals surface area contributed by atoms with E-state index in [1.807, 2.05) is 29.8 Å². The van der Waals surface area contributed by atoms with Crippen LogP contribution in [0, 0.1) is 5.92 Å². The summed E-state index contributed by atoms with van der Waals surface area (Å²) in [6.45, 7) is 4.41. The number of hydrogen-bond acceptors (Lipinski definition) is 4. The summed E-state index contributed by atoms with van der Waals surface area (Å²) in [6.07, 6.45) is 4.87. The molecule has 0 unspecified atom stereocenters. The summed E-state index contributed by atoms with van der Waals surface area (Å²) in [6, 6.07) is 0. The zero-order chi connectivity index (χ0) is 16.1. The molecule has 0 spiro atoms. The Labute approximate surface area is 137 Å². The van der Waals surface area contributed by atoms with Gasteiger partial charge in [-0.2, -0.15) is 0 Å². The van der Waals surface area contributed by atoms with E-state index in [4.69, 9.17) is 11.6 Å². The fourth-order valence-electron chi connectivity index (χ4n) is 1.72. The van der Waals surface area contributed by atoms with Crippen molar-refractivity contribution in [2.24, 2.45) is 5.92 Å². The third-order valence-corrected chi connectivity index (χ3v) is 3.93. The van der Waals surface area contributed by atoms with Crippen LogP contribution in [0.1, 0.15) is 19.5 Å². The third kappa shape index (κ3) is 4.08. The zero-order valence-electron chi connectivity index (χ0n) is 12.3. The Morgan fingerprint density at radius 2 is 2.14 bits per heavy atom. The van der Waals surface area contributed by atoms with Crippen molar-refractivity contribution in [3.8, 4) is 0 Å². The molecule has 0 radical (unpaired) electrons. The van der Waals surface area contributed by atoms with Crippen LogP contribution in [0.25, 0.3) is 11.0 Å². The zero-order valence-corrected chi connectivity index (χ0v) is 13.9. The molecule has 0 aliphatic carbocycles. The normalized spacial score (nSPS) is 11.5. The molecule has 0 aromatic carbocycles. The molecular weight excluding hydrogens is 324 g/mol. The molecule has 0 aliphatic heterocycles. The van der Waals surface area contributed by atoms with E-state index in [9.17, 15) is 9.59 Å². The Kier molecular flexibility index (Phi) is 5.57. The first-order valence-electron chi connectivity index (χ1n) is 6.83. The molecule has 22 heavy (non-hydrogen) atoms. The molecular formula is C14H17ClN4O2S. The van der Waals surface area contributed by atoms with Crippen molar-refractivity contribution >= 4 is 45.8 Å². The largest absolute Gasteiger partial charge is 0.354 e. The predicted molar refractivity (Wildman–Crippen MR) is 88.0 cm³/mol. The van der Waals surface area contributed by atoms with Crippen LogP contribution in [0.2, 0.25) is 5.15 Å². The van der Waals surface area contributed by atoms with Crippen LogP contribution >= 0.6 is 22.9 Å². The number of halogens is 1. The molecule has 2 N–H and O–H groups in total. The summed E-state index contributed by atoms with van der Waals surface area (Å²) < 4.78 is 1.82. The number of carbonyl (C=O) groups excluding carboxylic acids is 2. The maximum Gasteiger partial charge on any atom is 0.244 e.